The van der Waals surface area contributed by atoms with Crippen LogP contribution < -0.4 is 4.74 Å². The van der Waals surface area contributed by atoms with Gasteiger partial charge in [-0.25, -0.2) is 4.39 Å². The lowest BCUT2D eigenvalue weighted by atomic mass is 9.98. The van der Waals surface area contributed by atoms with Gasteiger partial charge in [0.15, 0.2) is 0 Å². The van der Waals surface area contributed by atoms with Crippen molar-refractivity contribution >= 4 is 11.9 Å². The molecule has 1 aromatic rings. The molecule has 0 bridgehead atoms. The van der Waals surface area contributed by atoms with Gasteiger partial charge in [-0.2, -0.15) is 0 Å². The number of benzene rings is 1. The predicted molar refractivity (Wildman–Crippen MR) is 87.1 cm³/mol. The molecular weight excluding hydrogens is 313 g/mol. The Morgan fingerprint density at radius 2 is 2.00 bits per heavy atom. The quantitative estimate of drug-likeness (QED) is 0.567. The number of carbonyl (C=O) groups excluding carboxylic acids is 2. The van der Waals surface area contributed by atoms with Gasteiger partial charge in [-0.3, -0.25) is 9.59 Å². The SMILES string of the molecule is COC(=O)CC1CCCCN1C(=O)CCCOc1ccc(F)cc1. The third-order valence-electron chi connectivity index (χ3n) is 4.19. The smallest absolute Gasteiger partial charge is 0.307 e. The van der Waals surface area contributed by atoms with Gasteiger partial charge in [-0.1, -0.05) is 0 Å². The van der Waals surface area contributed by atoms with Crippen molar-refractivity contribution in [1.29, 1.82) is 0 Å². The first kappa shape index (κ1) is 18.2. The first-order valence-electron chi connectivity index (χ1n) is 8.35. The summed E-state index contributed by atoms with van der Waals surface area (Å²) in [6.45, 7) is 1.09. The summed E-state index contributed by atoms with van der Waals surface area (Å²) in [5.74, 6) is 0.0512. The van der Waals surface area contributed by atoms with Crippen LogP contribution in [0.5, 0.6) is 5.75 Å². The molecule has 0 aromatic heterocycles. The molecule has 1 fully saturated rings. The van der Waals surface area contributed by atoms with Gasteiger partial charge in [-0.15, -0.1) is 0 Å². The molecule has 0 saturated carbocycles. The van der Waals surface area contributed by atoms with Crippen molar-refractivity contribution in [2.24, 2.45) is 0 Å². The molecule has 132 valence electrons. The molecule has 0 N–H and O–H groups in total. The van der Waals surface area contributed by atoms with Gasteiger partial charge in [0.05, 0.1) is 20.1 Å². The number of piperidine rings is 1. The lowest BCUT2D eigenvalue weighted by molar-refractivity contribution is -0.144. The first-order chi connectivity index (χ1) is 11.6. The average Bonchev–Trinajstić information content (AvgIpc) is 2.60. The molecule has 1 saturated heterocycles. The second-order valence-electron chi connectivity index (χ2n) is 5.92. The van der Waals surface area contributed by atoms with Gasteiger partial charge in [-0.05, 0) is 49.9 Å². The highest BCUT2D eigenvalue weighted by Gasteiger charge is 2.28. The fourth-order valence-electron chi connectivity index (χ4n) is 2.90. The van der Waals surface area contributed by atoms with Crippen LogP contribution in [0.25, 0.3) is 0 Å². The van der Waals surface area contributed by atoms with E-state index in [9.17, 15) is 14.0 Å². The van der Waals surface area contributed by atoms with Crippen LogP contribution in [0, 0.1) is 5.82 Å². The number of carbonyl (C=O) groups is 2. The van der Waals surface area contributed by atoms with Crippen LogP contribution in [-0.2, 0) is 14.3 Å². The Bertz CT molecular complexity index is 546. The summed E-state index contributed by atoms with van der Waals surface area (Å²) in [6, 6.07) is 5.75. The molecule has 1 unspecified atom stereocenters. The minimum Gasteiger partial charge on any atom is -0.494 e. The number of hydrogen-bond acceptors (Lipinski definition) is 4. The van der Waals surface area contributed by atoms with E-state index in [2.05, 4.69) is 0 Å². The van der Waals surface area contributed by atoms with E-state index >= 15 is 0 Å². The Labute approximate surface area is 141 Å². The number of rotatable bonds is 7. The van der Waals surface area contributed by atoms with E-state index < -0.39 is 0 Å². The molecule has 1 amide bonds. The standard InChI is InChI=1S/C18H24FNO4/c1-23-18(22)13-15-5-2-3-11-20(15)17(21)6-4-12-24-16-9-7-14(19)8-10-16/h7-10,15H,2-6,11-13H2,1H3. The van der Waals surface area contributed by atoms with Crippen molar-refractivity contribution in [1.82, 2.24) is 4.90 Å². The van der Waals surface area contributed by atoms with Gasteiger partial charge >= 0.3 is 5.97 Å². The molecular formula is C18H24FNO4. The molecule has 0 spiro atoms. The molecule has 1 aromatic carbocycles. The third-order valence-corrected chi connectivity index (χ3v) is 4.19. The van der Waals surface area contributed by atoms with E-state index in [1.54, 1.807) is 17.0 Å². The van der Waals surface area contributed by atoms with Crippen LogP contribution in [0.3, 0.4) is 0 Å². The molecule has 1 aliphatic heterocycles. The highest BCUT2D eigenvalue weighted by Crippen LogP contribution is 2.21. The number of amides is 1. The van der Waals surface area contributed by atoms with Gasteiger partial charge < -0.3 is 14.4 Å². The van der Waals surface area contributed by atoms with Crippen molar-refractivity contribution in [3.63, 3.8) is 0 Å². The number of ether oxygens (including phenoxy) is 2. The van der Waals surface area contributed by atoms with E-state index in [1.807, 2.05) is 0 Å². The Morgan fingerprint density at radius 3 is 2.71 bits per heavy atom. The molecule has 0 aliphatic carbocycles. The zero-order chi connectivity index (χ0) is 17.4. The number of esters is 1. The summed E-state index contributed by atoms with van der Waals surface area (Å²) in [7, 11) is 1.37. The Hall–Kier alpha value is -2.11. The lowest BCUT2D eigenvalue weighted by Crippen LogP contribution is -2.44. The lowest BCUT2D eigenvalue weighted by Gasteiger charge is -2.35. The maximum absolute atomic E-state index is 12.8. The summed E-state index contributed by atoms with van der Waals surface area (Å²) >= 11 is 0. The zero-order valence-corrected chi connectivity index (χ0v) is 14.0. The molecule has 1 heterocycles. The van der Waals surface area contributed by atoms with E-state index in [0.717, 1.165) is 19.3 Å². The second-order valence-corrected chi connectivity index (χ2v) is 5.92. The Kier molecular flexibility index (Phi) is 7.03. The van der Waals surface area contributed by atoms with Crippen molar-refractivity contribution < 1.29 is 23.5 Å². The molecule has 0 radical (unpaired) electrons. The van der Waals surface area contributed by atoms with Crippen molar-refractivity contribution in [2.75, 3.05) is 20.3 Å². The number of likely N-dealkylation sites (tertiary alicyclic amines) is 1. The molecule has 1 atom stereocenters. The summed E-state index contributed by atoms with van der Waals surface area (Å²) in [5, 5.41) is 0. The van der Waals surface area contributed by atoms with Crippen LogP contribution in [0.2, 0.25) is 0 Å². The third kappa shape index (κ3) is 5.51. The summed E-state index contributed by atoms with van der Waals surface area (Å²) in [6.07, 6.45) is 4.05. The van der Waals surface area contributed by atoms with E-state index in [1.165, 1.54) is 19.2 Å². The van der Waals surface area contributed by atoms with E-state index in [0.29, 0.717) is 31.7 Å². The Balaban J connectivity index is 1.75. The summed E-state index contributed by atoms with van der Waals surface area (Å²) in [5.41, 5.74) is 0. The second kappa shape index (κ2) is 9.25. The zero-order valence-electron chi connectivity index (χ0n) is 14.0. The summed E-state index contributed by atoms with van der Waals surface area (Å²) < 4.78 is 23.0. The maximum Gasteiger partial charge on any atom is 0.307 e. The summed E-state index contributed by atoms with van der Waals surface area (Å²) in [4.78, 5) is 25.7. The van der Waals surface area contributed by atoms with Crippen LogP contribution in [-0.4, -0.2) is 43.1 Å². The minimum atomic E-state index is -0.306. The fourth-order valence-corrected chi connectivity index (χ4v) is 2.90. The van der Waals surface area contributed by atoms with Gasteiger partial charge in [0, 0.05) is 19.0 Å². The highest BCUT2D eigenvalue weighted by molar-refractivity contribution is 5.78. The number of hydrogen-bond donors (Lipinski definition) is 0. The number of halogens is 1. The van der Waals surface area contributed by atoms with Crippen molar-refractivity contribution in [3.8, 4) is 5.75 Å². The van der Waals surface area contributed by atoms with Gasteiger partial charge in [0.1, 0.15) is 11.6 Å². The maximum atomic E-state index is 12.8. The largest absolute Gasteiger partial charge is 0.494 e. The topological polar surface area (TPSA) is 55.8 Å². The molecule has 24 heavy (non-hydrogen) atoms. The van der Waals surface area contributed by atoms with Gasteiger partial charge in [0.2, 0.25) is 5.91 Å². The minimum absolute atomic E-state index is 0.0475. The number of methoxy groups -OCH3 is 1. The van der Waals surface area contributed by atoms with Crippen LogP contribution in [0.1, 0.15) is 38.5 Å². The fraction of sp³-hybridized carbons (Fsp3) is 0.556. The highest BCUT2D eigenvalue weighted by atomic mass is 19.1. The van der Waals surface area contributed by atoms with E-state index in [-0.39, 0.29) is 30.2 Å². The molecule has 5 nitrogen and oxygen atoms in total. The first-order valence-corrected chi connectivity index (χ1v) is 8.35. The molecule has 2 rings (SSSR count). The van der Waals surface area contributed by atoms with E-state index in [4.69, 9.17) is 9.47 Å². The van der Waals surface area contributed by atoms with Crippen LogP contribution in [0.4, 0.5) is 4.39 Å². The van der Waals surface area contributed by atoms with Crippen molar-refractivity contribution in [3.05, 3.63) is 30.1 Å². The molecule has 1 aliphatic rings. The van der Waals surface area contributed by atoms with Crippen LogP contribution >= 0.6 is 0 Å². The monoisotopic (exact) mass is 337 g/mol. The number of nitrogens with zero attached hydrogens (tertiary/aromatic N) is 1. The van der Waals surface area contributed by atoms with Crippen LogP contribution in [0.15, 0.2) is 24.3 Å². The Morgan fingerprint density at radius 1 is 1.25 bits per heavy atom. The molecule has 6 heteroatoms. The average molecular weight is 337 g/mol. The van der Waals surface area contributed by atoms with Crippen molar-refractivity contribution in [2.45, 2.75) is 44.6 Å². The normalized spacial score (nSPS) is 17.4. The predicted octanol–water partition coefficient (Wildman–Crippen LogP) is 2.93. The van der Waals surface area contributed by atoms with Gasteiger partial charge in [0.25, 0.3) is 0 Å².